The molecule has 0 atom stereocenters. The highest BCUT2D eigenvalue weighted by molar-refractivity contribution is 5.95. The largest absolute Gasteiger partial charge is 0.493 e. The lowest BCUT2D eigenvalue weighted by atomic mass is 9.87. The van der Waals surface area contributed by atoms with Crippen molar-refractivity contribution in [2.75, 3.05) is 21.3 Å². The zero-order valence-corrected chi connectivity index (χ0v) is 19.6. The van der Waals surface area contributed by atoms with Crippen molar-refractivity contribution in [3.05, 3.63) is 77.2 Å². The normalized spacial score (nSPS) is 11.2. The number of amides is 1. The molecule has 1 heterocycles. The van der Waals surface area contributed by atoms with Gasteiger partial charge < -0.3 is 23.5 Å². The number of nitrogens with zero attached hydrogens (tertiary/aromatic N) is 1. The first-order chi connectivity index (χ1) is 15.3. The lowest BCUT2D eigenvalue weighted by Crippen LogP contribution is -2.30. The Morgan fingerprint density at radius 1 is 0.906 bits per heavy atom. The maximum atomic E-state index is 13.6. The topological polar surface area (TPSA) is 61.1 Å². The molecule has 0 aliphatic carbocycles. The van der Waals surface area contributed by atoms with E-state index in [1.165, 1.54) is 26.9 Å². The Kier molecular flexibility index (Phi) is 7.13. The molecule has 0 N–H and O–H groups in total. The van der Waals surface area contributed by atoms with Crippen molar-refractivity contribution in [2.45, 2.75) is 39.3 Å². The molecule has 3 rings (SSSR count). The summed E-state index contributed by atoms with van der Waals surface area (Å²) in [4.78, 5) is 15.3. The second-order valence-corrected chi connectivity index (χ2v) is 8.60. The summed E-state index contributed by atoms with van der Waals surface area (Å²) in [6.45, 7) is 7.31. The molecule has 0 radical (unpaired) electrons. The van der Waals surface area contributed by atoms with Crippen LogP contribution in [0, 0.1) is 0 Å². The number of carbonyl (C=O) groups is 1. The highest BCUT2D eigenvalue weighted by Gasteiger charge is 2.23. The minimum absolute atomic E-state index is 0.0679. The Balaban J connectivity index is 1.94. The molecule has 0 fully saturated rings. The molecule has 0 unspecified atom stereocenters. The average Bonchev–Trinajstić information content (AvgIpc) is 3.30. The van der Waals surface area contributed by atoms with E-state index in [0.29, 0.717) is 41.7 Å². The van der Waals surface area contributed by atoms with E-state index in [-0.39, 0.29) is 11.3 Å². The first-order valence-electron chi connectivity index (χ1n) is 10.5. The molecule has 2 aromatic carbocycles. The monoisotopic (exact) mass is 437 g/mol. The Labute approximate surface area is 189 Å². The van der Waals surface area contributed by atoms with Crippen LogP contribution in [0.15, 0.2) is 59.2 Å². The van der Waals surface area contributed by atoms with Crippen LogP contribution in [0.2, 0.25) is 0 Å². The molecule has 0 spiro atoms. The number of ether oxygens (including phenoxy) is 3. The van der Waals surface area contributed by atoms with E-state index in [4.69, 9.17) is 18.6 Å². The fourth-order valence-corrected chi connectivity index (χ4v) is 3.51. The van der Waals surface area contributed by atoms with Crippen molar-refractivity contribution in [2.24, 2.45) is 0 Å². The van der Waals surface area contributed by atoms with Gasteiger partial charge in [0, 0.05) is 12.1 Å². The van der Waals surface area contributed by atoms with Gasteiger partial charge in [-0.15, -0.1) is 0 Å². The van der Waals surface area contributed by atoms with Crippen LogP contribution in [0.25, 0.3) is 0 Å². The fourth-order valence-electron chi connectivity index (χ4n) is 3.51. The molecule has 0 aliphatic heterocycles. The minimum Gasteiger partial charge on any atom is -0.493 e. The van der Waals surface area contributed by atoms with E-state index in [1.807, 2.05) is 12.1 Å². The molecule has 0 aliphatic rings. The number of methoxy groups -OCH3 is 3. The summed E-state index contributed by atoms with van der Waals surface area (Å²) < 4.78 is 21.7. The van der Waals surface area contributed by atoms with Crippen LogP contribution in [0.4, 0.5) is 0 Å². The van der Waals surface area contributed by atoms with Gasteiger partial charge in [0.05, 0.1) is 34.1 Å². The van der Waals surface area contributed by atoms with E-state index in [9.17, 15) is 4.79 Å². The van der Waals surface area contributed by atoms with E-state index in [1.54, 1.807) is 23.3 Å². The molecule has 1 aromatic heterocycles. The second-order valence-electron chi connectivity index (χ2n) is 8.60. The minimum atomic E-state index is -0.166. The first-order valence-corrected chi connectivity index (χ1v) is 10.5. The number of carbonyl (C=O) groups excluding carboxylic acids is 1. The summed E-state index contributed by atoms with van der Waals surface area (Å²) in [7, 11) is 4.60. The van der Waals surface area contributed by atoms with Crippen LogP contribution in [-0.2, 0) is 18.5 Å². The molecule has 170 valence electrons. The summed E-state index contributed by atoms with van der Waals surface area (Å²) in [6, 6.07) is 15.4. The fraction of sp³-hybridized carbons (Fsp3) is 0.346. The summed E-state index contributed by atoms with van der Waals surface area (Å²) >= 11 is 0. The van der Waals surface area contributed by atoms with Crippen LogP contribution in [0.5, 0.6) is 17.2 Å². The van der Waals surface area contributed by atoms with Gasteiger partial charge in [0.25, 0.3) is 5.91 Å². The third-order valence-electron chi connectivity index (χ3n) is 5.32. The van der Waals surface area contributed by atoms with Crippen LogP contribution in [0.1, 0.15) is 48.0 Å². The van der Waals surface area contributed by atoms with Gasteiger partial charge in [-0.1, -0.05) is 45.0 Å². The van der Waals surface area contributed by atoms with Crippen molar-refractivity contribution in [3.63, 3.8) is 0 Å². The summed E-state index contributed by atoms with van der Waals surface area (Å²) in [6.07, 6.45) is 1.61. The molecule has 0 bridgehead atoms. The predicted molar refractivity (Wildman–Crippen MR) is 124 cm³/mol. The molecule has 32 heavy (non-hydrogen) atoms. The van der Waals surface area contributed by atoms with Gasteiger partial charge in [-0.2, -0.15) is 0 Å². The van der Waals surface area contributed by atoms with Crippen molar-refractivity contribution < 1.29 is 23.4 Å². The van der Waals surface area contributed by atoms with Gasteiger partial charge in [0.15, 0.2) is 11.5 Å². The SMILES string of the molecule is COc1cc(C(=O)N(Cc2ccc(C(C)(C)C)cc2)Cc2ccco2)cc(OC)c1OC. The van der Waals surface area contributed by atoms with Crippen LogP contribution in [0.3, 0.4) is 0 Å². The Morgan fingerprint density at radius 2 is 1.53 bits per heavy atom. The number of benzene rings is 2. The lowest BCUT2D eigenvalue weighted by Gasteiger charge is -2.24. The van der Waals surface area contributed by atoms with Crippen molar-refractivity contribution in [1.29, 1.82) is 0 Å². The van der Waals surface area contributed by atoms with Gasteiger partial charge in [0.2, 0.25) is 5.75 Å². The highest BCUT2D eigenvalue weighted by Crippen LogP contribution is 2.38. The quantitative estimate of drug-likeness (QED) is 0.469. The van der Waals surface area contributed by atoms with Crippen molar-refractivity contribution in [3.8, 4) is 17.2 Å². The Hall–Kier alpha value is -3.41. The van der Waals surface area contributed by atoms with Gasteiger partial charge in [-0.25, -0.2) is 0 Å². The number of hydrogen-bond donors (Lipinski definition) is 0. The highest BCUT2D eigenvalue weighted by atomic mass is 16.5. The third-order valence-corrected chi connectivity index (χ3v) is 5.32. The van der Waals surface area contributed by atoms with Crippen LogP contribution in [-0.4, -0.2) is 32.1 Å². The van der Waals surface area contributed by atoms with Crippen molar-refractivity contribution >= 4 is 5.91 Å². The zero-order valence-electron chi connectivity index (χ0n) is 19.6. The third kappa shape index (κ3) is 5.25. The Morgan fingerprint density at radius 3 is 2.00 bits per heavy atom. The maximum Gasteiger partial charge on any atom is 0.254 e. The number of furan rings is 1. The van der Waals surface area contributed by atoms with Gasteiger partial charge in [0.1, 0.15) is 5.76 Å². The molecular weight excluding hydrogens is 406 g/mol. The maximum absolute atomic E-state index is 13.6. The zero-order chi connectivity index (χ0) is 23.3. The molecule has 0 saturated heterocycles. The van der Waals surface area contributed by atoms with Crippen LogP contribution < -0.4 is 14.2 Å². The molecule has 6 nitrogen and oxygen atoms in total. The molecular formula is C26H31NO5. The van der Waals surface area contributed by atoms with E-state index in [0.717, 1.165) is 5.56 Å². The summed E-state index contributed by atoms with van der Waals surface area (Å²) in [5.41, 5.74) is 2.79. The standard InChI is InChI=1S/C26H31NO5/c1-26(2,3)20-11-9-18(10-12-20)16-27(17-21-8-7-13-32-21)25(28)19-14-22(29-4)24(31-6)23(15-19)30-5/h7-15H,16-17H2,1-6H3. The lowest BCUT2D eigenvalue weighted by molar-refractivity contribution is 0.0717. The van der Waals surface area contributed by atoms with Gasteiger partial charge >= 0.3 is 0 Å². The van der Waals surface area contributed by atoms with Gasteiger partial charge in [-0.05, 0) is 40.8 Å². The molecule has 0 saturated carbocycles. The summed E-state index contributed by atoms with van der Waals surface area (Å²) in [5, 5.41) is 0. The van der Waals surface area contributed by atoms with Crippen molar-refractivity contribution in [1.82, 2.24) is 4.90 Å². The van der Waals surface area contributed by atoms with Crippen LogP contribution >= 0.6 is 0 Å². The van der Waals surface area contributed by atoms with E-state index >= 15 is 0 Å². The predicted octanol–water partition coefficient (Wildman–Crippen LogP) is 5.45. The molecule has 6 heteroatoms. The van der Waals surface area contributed by atoms with E-state index in [2.05, 4.69) is 45.0 Å². The Bertz CT molecular complexity index is 1010. The summed E-state index contributed by atoms with van der Waals surface area (Å²) in [5.74, 6) is 1.85. The first kappa shape index (κ1) is 23.3. The molecule has 1 amide bonds. The number of hydrogen-bond acceptors (Lipinski definition) is 5. The smallest absolute Gasteiger partial charge is 0.254 e. The average molecular weight is 438 g/mol. The van der Waals surface area contributed by atoms with E-state index < -0.39 is 0 Å². The second kappa shape index (κ2) is 9.81. The number of rotatable bonds is 8. The molecule has 3 aromatic rings. The van der Waals surface area contributed by atoms with Gasteiger partial charge in [-0.3, -0.25) is 4.79 Å².